The molecular weight excluding hydrogens is 412 g/mol. The van der Waals surface area contributed by atoms with Crippen LogP contribution in [-0.2, 0) is 19.1 Å². The van der Waals surface area contributed by atoms with Gasteiger partial charge in [0.15, 0.2) is 6.61 Å². The number of nitrogens with one attached hydrogen (secondary N) is 1. The van der Waals surface area contributed by atoms with E-state index in [0.717, 1.165) is 0 Å². The zero-order chi connectivity index (χ0) is 21.7. The zero-order valence-electron chi connectivity index (χ0n) is 16.5. The largest absolute Gasteiger partial charge is 0.497 e. The van der Waals surface area contributed by atoms with Crippen molar-refractivity contribution >= 4 is 40.8 Å². The molecule has 0 unspecified atom stereocenters. The van der Waals surface area contributed by atoms with E-state index in [9.17, 15) is 14.4 Å². The highest BCUT2D eigenvalue weighted by Crippen LogP contribution is 2.31. The minimum Gasteiger partial charge on any atom is -0.497 e. The van der Waals surface area contributed by atoms with Gasteiger partial charge in [-0.3, -0.25) is 14.4 Å². The summed E-state index contributed by atoms with van der Waals surface area (Å²) in [4.78, 5) is 38.3. The van der Waals surface area contributed by atoms with Gasteiger partial charge in [0, 0.05) is 19.0 Å². The summed E-state index contributed by atoms with van der Waals surface area (Å²) in [5, 5.41) is 3.04. The van der Waals surface area contributed by atoms with Gasteiger partial charge in [-0.1, -0.05) is 23.7 Å². The first kappa shape index (κ1) is 21.4. The van der Waals surface area contributed by atoms with Crippen LogP contribution in [0.3, 0.4) is 0 Å². The van der Waals surface area contributed by atoms with E-state index in [2.05, 4.69) is 5.32 Å². The third-order valence-electron chi connectivity index (χ3n) is 4.63. The molecule has 8 nitrogen and oxygen atoms in total. The van der Waals surface area contributed by atoms with Crippen LogP contribution in [0.4, 0.5) is 11.4 Å². The van der Waals surface area contributed by atoms with Crippen molar-refractivity contribution < 1.29 is 28.6 Å². The number of methoxy groups -OCH3 is 2. The molecule has 0 saturated carbocycles. The number of hydrogen-bond donors (Lipinski definition) is 1. The average Bonchev–Trinajstić information content (AvgIpc) is 3.14. The first-order chi connectivity index (χ1) is 14.4. The summed E-state index contributed by atoms with van der Waals surface area (Å²) in [5.74, 6) is -1.06. The molecule has 1 aliphatic heterocycles. The Kier molecular flexibility index (Phi) is 6.79. The lowest BCUT2D eigenvalue weighted by molar-refractivity contribution is -0.151. The summed E-state index contributed by atoms with van der Waals surface area (Å²) in [6.45, 7) is -0.333. The maximum atomic E-state index is 12.4. The molecule has 1 fully saturated rings. The first-order valence-corrected chi connectivity index (χ1v) is 9.54. The van der Waals surface area contributed by atoms with Gasteiger partial charge in [-0.2, -0.15) is 0 Å². The Balaban J connectivity index is 1.55. The van der Waals surface area contributed by atoms with Crippen LogP contribution in [0.5, 0.6) is 11.5 Å². The molecule has 1 N–H and O–H groups in total. The second-order valence-corrected chi connectivity index (χ2v) is 6.99. The minimum atomic E-state index is -0.669. The molecule has 1 atom stereocenters. The summed E-state index contributed by atoms with van der Waals surface area (Å²) in [6.07, 6.45) is -0.00201. The highest BCUT2D eigenvalue weighted by Gasteiger charge is 2.37. The van der Waals surface area contributed by atoms with Gasteiger partial charge in [0.05, 0.1) is 36.5 Å². The smallest absolute Gasteiger partial charge is 0.311 e. The predicted molar refractivity (Wildman–Crippen MR) is 111 cm³/mol. The van der Waals surface area contributed by atoms with Gasteiger partial charge in [0.25, 0.3) is 5.91 Å². The molecule has 30 heavy (non-hydrogen) atoms. The Morgan fingerprint density at radius 2 is 1.93 bits per heavy atom. The molecule has 0 radical (unpaired) electrons. The van der Waals surface area contributed by atoms with Crippen LogP contribution < -0.4 is 19.7 Å². The van der Waals surface area contributed by atoms with Gasteiger partial charge in [0.1, 0.15) is 11.5 Å². The van der Waals surface area contributed by atoms with Crippen LogP contribution in [0.25, 0.3) is 0 Å². The predicted octanol–water partition coefficient (Wildman–Crippen LogP) is 2.89. The first-order valence-electron chi connectivity index (χ1n) is 9.16. The number of nitrogens with zero attached hydrogens (tertiary/aromatic N) is 1. The van der Waals surface area contributed by atoms with Crippen LogP contribution in [0.1, 0.15) is 6.42 Å². The zero-order valence-corrected chi connectivity index (χ0v) is 17.3. The van der Waals surface area contributed by atoms with Crippen LogP contribution in [-0.4, -0.2) is 45.2 Å². The van der Waals surface area contributed by atoms with Crippen molar-refractivity contribution in [1.82, 2.24) is 0 Å². The molecule has 2 aromatic carbocycles. The molecule has 1 heterocycles. The highest BCUT2D eigenvalue weighted by atomic mass is 35.5. The number of rotatable bonds is 7. The van der Waals surface area contributed by atoms with E-state index < -0.39 is 24.4 Å². The Hall–Kier alpha value is -3.26. The van der Waals surface area contributed by atoms with E-state index in [1.165, 1.54) is 19.1 Å². The standard InChI is InChI=1S/C21H21ClN2O6/c1-28-14-7-8-16(18(10-14)29-2)23-19(25)12-30-21(27)13-9-20(26)24(11-13)17-6-4-3-5-15(17)22/h3-8,10,13H,9,11-12H2,1-2H3,(H,23,25)/t13-/m0/s1. The van der Waals surface area contributed by atoms with Crippen molar-refractivity contribution in [3.63, 3.8) is 0 Å². The number of halogens is 1. The molecule has 0 aliphatic carbocycles. The fourth-order valence-electron chi connectivity index (χ4n) is 3.11. The molecule has 1 aliphatic rings. The number of hydrogen-bond acceptors (Lipinski definition) is 6. The van der Waals surface area contributed by atoms with Gasteiger partial charge in [0.2, 0.25) is 5.91 Å². The Bertz CT molecular complexity index is 964. The lowest BCUT2D eigenvalue weighted by atomic mass is 10.1. The van der Waals surface area contributed by atoms with E-state index in [4.69, 9.17) is 25.8 Å². The number of esters is 1. The fraction of sp³-hybridized carbons (Fsp3) is 0.286. The third-order valence-corrected chi connectivity index (χ3v) is 4.95. The van der Waals surface area contributed by atoms with E-state index in [1.54, 1.807) is 42.5 Å². The number of benzene rings is 2. The molecule has 158 valence electrons. The Morgan fingerprint density at radius 3 is 2.63 bits per heavy atom. The number of ether oxygens (including phenoxy) is 3. The average molecular weight is 433 g/mol. The van der Waals surface area contributed by atoms with Crippen LogP contribution in [0, 0.1) is 5.92 Å². The van der Waals surface area contributed by atoms with Crippen molar-refractivity contribution in [2.24, 2.45) is 5.92 Å². The topological polar surface area (TPSA) is 94.2 Å². The fourth-order valence-corrected chi connectivity index (χ4v) is 3.35. The van der Waals surface area contributed by atoms with E-state index in [-0.39, 0.29) is 18.9 Å². The summed E-state index contributed by atoms with van der Waals surface area (Å²) in [6, 6.07) is 11.8. The number of amides is 2. The number of carbonyl (C=O) groups is 3. The number of anilines is 2. The molecular formula is C21H21ClN2O6. The molecule has 2 aromatic rings. The van der Waals surface area contributed by atoms with Gasteiger partial charge >= 0.3 is 5.97 Å². The summed E-state index contributed by atoms with van der Waals surface area (Å²) < 4.78 is 15.4. The number of carbonyl (C=O) groups excluding carboxylic acids is 3. The third kappa shape index (κ3) is 4.83. The Labute approximate surface area is 178 Å². The molecule has 9 heteroatoms. The minimum absolute atomic E-state index is 0.00201. The van der Waals surface area contributed by atoms with Gasteiger partial charge < -0.3 is 24.4 Å². The highest BCUT2D eigenvalue weighted by molar-refractivity contribution is 6.33. The quantitative estimate of drug-likeness (QED) is 0.676. The van der Waals surface area contributed by atoms with Crippen molar-refractivity contribution in [3.8, 4) is 11.5 Å². The molecule has 0 spiro atoms. The van der Waals surface area contributed by atoms with Crippen molar-refractivity contribution in [1.29, 1.82) is 0 Å². The van der Waals surface area contributed by atoms with E-state index in [0.29, 0.717) is 27.9 Å². The maximum Gasteiger partial charge on any atom is 0.311 e. The maximum absolute atomic E-state index is 12.4. The van der Waals surface area contributed by atoms with Crippen LogP contribution in [0.2, 0.25) is 5.02 Å². The van der Waals surface area contributed by atoms with Gasteiger partial charge in [-0.25, -0.2) is 0 Å². The summed E-state index contributed by atoms with van der Waals surface area (Å²) in [7, 11) is 2.99. The summed E-state index contributed by atoms with van der Waals surface area (Å²) >= 11 is 6.14. The molecule has 1 saturated heterocycles. The van der Waals surface area contributed by atoms with Gasteiger partial charge in [-0.05, 0) is 24.3 Å². The van der Waals surface area contributed by atoms with Crippen molar-refractivity contribution in [3.05, 3.63) is 47.5 Å². The normalized spacial score (nSPS) is 15.6. The van der Waals surface area contributed by atoms with Crippen LogP contribution >= 0.6 is 11.6 Å². The molecule has 3 rings (SSSR count). The SMILES string of the molecule is COc1ccc(NC(=O)COC(=O)[C@H]2CC(=O)N(c3ccccc3Cl)C2)c(OC)c1. The molecule has 2 amide bonds. The van der Waals surface area contributed by atoms with Crippen molar-refractivity contribution in [2.45, 2.75) is 6.42 Å². The monoisotopic (exact) mass is 432 g/mol. The van der Waals surface area contributed by atoms with E-state index in [1.807, 2.05) is 0 Å². The van der Waals surface area contributed by atoms with Crippen LogP contribution in [0.15, 0.2) is 42.5 Å². The van der Waals surface area contributed by atoms with Crippen molar-refractivity contribution in [2.75, 3.05) is 37.6 Å². The second kappa shape index (κ2) is 9.49. The van der Waals surface area contributed by atoms with Gasteiger partial charge in [-0.15, -0.1) is 0 Å². The van der Waals surface area contributed by atoms with E-state index >= 15 is 0 Å². The molecule has 0 aromatic heterocycles. The molecule has 0 bridgehead atoms. The Morgan fingerprint density at radius 1 is 1.17 bits per heavy atom. The summed E-state index contributed by atoms with van der Waals surface area (Å²) in [5.41, 5.74) is 0.962. The lowest BCUT2D eigenvalue weighted by Crippen LogP contribution is -2.28. The second-order valence-electron chi connectivity index (χ2n) is 6.58. The number of para-hydroxylation sites is 1. The lowest BCUT2D eigenvalue weighted by Gasteiger charge is -2.17.